The van der Waals surface area contributed by atoms with Crippen molar-refractivity contribution in [2.45, 2.75) is 6.42 Å². The SMILES string of the molecule is NC(=O)OCCc1csc2ccc(Cl)cc12. The molecule has 1 heterocycles. The van der Waals surface area contributed by atoms with Crippen molar-refractivity contribution < 1.29 is 9.53 Å². The average Bonchev–Trinajstić information content (AvgIpc) is 2.60. The first-order valence-electron chi connectivity index (χ1n) is 4.74. The zero-order valence-corrected chi connectivity index (χ0v) is 9.98. The van der Waals surface area contributed by atoms with Gasteiger partial charge in [0.15, 0.2) is 0 Å². The molecule has 0 atom stereocenters. The van der Waals surface area contributed by atoms with Gasteiger partial charge in [-0.1, -0.05) is 11.6 Å². The number of rotatable bonds is 3. The first-order chi connectivity index (χ1) is 7.66. The summed E-state index contributed by atoms with van der Waals surface area (Å²) in [6.45, 7) is 0.299. The van der Waals surface area contributed by atoms with Gasteiger partial charge < -0.3 is 10.5 Å². The minimum atomic E-state index is -0.738. The number of carbonyl (C=O) groups is 1. The molecule has 0 fully saturated rings. The molecule has 0 saturated heterocycles. The molecule has 16 heavy (non-hydrogen) atoms. The molecule has 0 radical (unpaired) electrons. The molecule has 2 rings (SSSR count). The number of nitrogens with two attached hydrogens (primary N) is 1. The number of amides is 1. The van der Waals surface area contributed by atoms with Crippen LogP contribution in [0.1, 0.15) is 5.56 Å². The van der Waals surface area contributed by atoms with Crippen LogP contribution in [-0.2, 0) is 11.2 Å². The zero-order valence-electron chi connectivity index (χ0n) is 8.40. The number of primary amides is 1. The number of hydrogen-bond acceptors (Lipinski definition) is 3. The van der Waals surface area contributed by atoms with Crippen LogP contribution in [0.25, 0.3) is 10.1 Å². The van der Waals surface area contributed by atoms with E-state index in [1.54, 1.807) is 11.3 Å². The molecule has 0 unspecified atom stereocenters. The third kappa shape index (κ3) is 2.46. The van der Waals surface area contributed by atoms with E-state index in [9.17, 15) is 4.79 Å². The van der Waals surface area contributed by atoms with E-state index in [0.29, 0.717) is 18.1 Å². The fraction of sp³-hybridized carbons (Fsp3) is 0.182. The van der Waals surface area contributed by atoms with Crippen molar-refractivity contribution in [1.29, 1.82) is 0 Å². The summed E-state index contributed by atoms with van der Waals surface area (Å²) in [4.78, 5) is 10.4. The lowest BCUT2D eigenvalue weighted by molar-refractivity contribution is 0.158. The monoisotopic (exact) mass is 255 g/mol. The average molecular weight is 256 g/mol. The summed E-state index contributed by atoms with van der Waals surface area (Å²) >= 11 is 7.58. The molecular formula is C11H10ClNO2S. The Bertz CT molecular complexity index is 524. The largest absolute Gasteiger partial charge is 0.449 e. The Labute approximate surface area is 102 Å². The summed E-state index contributed by atoms with van der Waals surface area (Å²) in [5.41, 5.74) is 6.02. The number of carbonyl (C=O) groups excluding carboxylic acids is 1. The highest BCUT2D eigenvalue weighted by atomic mass is 35.5. The first-order valence-corrected chi connectivity index (χ1v) is 6.00. The van der Waals surface area contributed by atoms with Gasteiger partial charge in [-0.3, -0.25) is 0 Å². The molecule has 0 saturated carbocycles. The number of thiophene rings is 1. The van der Waals surface area contributed by atoms with Gasteiger partial charge in [-0.2, -0.15) is 0 Å². The van der Waals surface area contributed by atoms with Crippen LogP contribution in [0.15, 0.2) is 23.6 Å². The lowest BCUT2D eigenvalue weighted by atomic mass is 10.1. The lowest BCUT2D eigenvalue weighted by Crippen LogP contribution is -2.14. The molecule has 1 amide bonds. The van der Waals surface area contributed by atoms with Crippen LogP contribution >= 0.6 is 22.9 Å². The van der Waals surface area contributed by atoms with Crippen molar-refractivity contribution in [2.24, 2.45) is 5.73 Å². The summed E-state index contributed by atoms with van der Waals surface area (Å²) < 4.78 is 5.88. The summed E-state index contributed by atoms with van der Waals surface area (Å²) in [7, 11) is 0. The topological polar surface area (TPSA) is 52.3 Å². The summed E-state index contributed by atoms with van der Waals surface area (Å²) in [5, 5.41) is 3.87. The van der Waals surface area contributed by atoms with Gasteiger partial charge in [-0.05, 0) is 34.5 Å². The molecule has 2 aromatic rings. The third-order valence-corrected chi connectivity index (χ3v) is 3.48. The summed E-state index contributed by atoms with van der Waals surface area (Å²) in [5.74, 6) is 0. The van der Waals surface area contributed by atoms with Gasteiger partial charge >= 0.3 is 6.09 Å². The number of fused-ring (bicyclic) bond motifs is 1. The molecule has 0 aliphatic rings. The smallest absolute Gasteiger partial charge is 0.404 e. The van der Waals surface area contributed by atoms with Crippen LogP contribution in [-0.4, -0.2) is 12.7 Å². The van der Waals surface area contributed by atoms with E-state index >= 15 is 0 Å². The molecule has 3 nitrogen and oxygen atoms in total. The molecule has 1 aromatic carbocycles. The van der Waals surface area contributed by atoms with Crippen molar-refractivity contribution in [3.63, 3.8) is 0 Å². The maximum Gasteiger partial charge on any atom is 0.404 e. The number of ether oxygens (including phenoxy) is 1. The number of hydrogen-bond donors (Lipinski definition) is 1. The first kappa shape index (κ1) is 11.2. The predicted molar refractivity (Wildman–Crippen MR) is 66.1 cm³/mol. The second-order valence-corrected chi connectivity index (χ2v) is 4.67. The van der Waals surface area contributed by atoms with E-state index < -0.39 is 6.09 Å². The van der Waals surface area contributed by atoms with Crippen LogP contribution in [0.5, 0.6) is 0 Å². The van der Waals surface area contributed by atoms with E-state index in [-0.39, 0.29) is 0 Å². The van der Waals surface area contributed by atoms with Crippen LogP contribution in [0.2, 0.25) is 5.02 Å². The number of benzene rings is 1. The van der Waals surface area contributed by atoms with E-state index in [1.165, 1.54) is 4.70 Å². The van der Waals surface area contributed by atoms with Crippen molar-refractivity contribution in [3.05, 3.63) is 34.2 Å². The quantitative estimate of drug-likeness (QED) is 0.916. The van der Waals surface area contributed by atoms with Crippen LogP contribution in [0.3, 0.4) is 0 Å². The Kier molecular flexibility index (Phi) is 3.31. The van der Waals surface area contributed by atoms with Gasteiger partial charge in [0, 0.05) is 16.1 Å². The van der Waals surface area contributed by atoms with Gasteiger partial charge in [-0.15, -0.1) is 11.3 Å². The Hall–Kier alpha value is -1.26. The maximum absolute atomic E-state index is 10.4. The molecule has 0 spiro atoms. The van der Waals surface area contributed by atoms with E-state index in [4.69, 9.17) is 22.1 Å². The summed E-state index contributed by atoms with van der Waals surface area (Å²) in [6, 6.07) is 5.78. The fourth-order valence-electron chi connectivity index (χ4n) is 1.51. The molecule has 2 N–H and O–H groups in total. The fourth-order valence-corrected chi connectivity index (χ4v) is 2.66. The van der Waals surface area contributed by atoms with E-state index in [1.807, 2.05) is 23.6 Å². The minimum Gasteiger partial charge on any atom is -0.449 e. The number of halogens is 1. The lowest BCUT2D eigenvalue weighted by Gasteiger charge is -2.00. The second kappa shape index (κ2) is 4.72. The van der Waals surface area contributed by atoms with Crippen molar-refractivity contribution in [2.75, 3.05) is 6.61 Å². The van der Waals surface area contributed by atoms with Gasteiger partial charge in [0.2, 0.25) is 0 Å². The Morgan fingerprint density at radius 3 is 3.06 bits per heavy atom. The molecule has 1 aromatic heterocycles. The Morgan fingerprint density at radius 2 is 2.31 bits per heavy atom. The highest BCUT2D eigenvalue weighted by Crippen LogP contribution is 2.28. The molecule has 0 aliphatic carbocycles. The molecule has 0 aliphatic heterocycles. The van der Waals surface area contributed by atoms with Crippen molar-refractivity contribution in [1.82, 2.24) is 0 Å². The molecule has 5 heteroatoms. The van der Waals surface area contributed by atoms with Crippen molar-refractivity contribution in [3.8, 4) is 0 Å². The minimum absolute atomic E-state index is 0.299. The zero-order chi connectivity index (χ0) is 11.5. The predicted octanol–water partition coefficient (Wildman–Crippen LogP) is 3.19. The molecule has 0 bridgehead atoms. The second-order valence-electron chi connectivity index (χ2n) is 3.32. The van der Waals surface area contributed by atoms with Gasteiger partial charge in [0.25, 0.3) is 0 Å². The van der Waals surface area contributed by atoms with Crippen LogP contribution in [0, 0.1) is 0 Å². The third-order valence-electron chi connectivity index (χ3n) is 2.23. The maximum atomic E-state index is 10.4. The molecule has 84 valence electrons. The van der Waals surface area contributed by atoms with Crippen LogP contribution < -0.4 is 5.73 Å². The Morgan fingerprint density at radius 1 is 1.50 bits per heavy atom. The highest BCUT2D eigenvalue weighted by Gasteiger charge is 2.05. The highest BCUT2D eigenvalue weighted by molar-refractivity contribution is 7.17. The standard InChI is InChI=1S/C11H10ClNO2S/c12-8-1-2-10-9(5-8)7(6-16-10)3-4-15-11(13)14/h1-2,5-6H,3-4H2,(H2,13,14). The Balaban J connectivity index is 2.17. The molecular weight excluding hydrogens is 246 g/mol. The van der Waals surface area contributed by atoms with E-state index in [0.717, 1.165) is 10.9 Å². The summed E-state index contributed by atoms with van der Waals surface area (Å²) in [6.07, 6.45) is -0.0823. The van der Waals surface area contributed by atoms with Crippen LogP contribution in [0.4, 0.5) is 4.79 Å². The van der Waals surface area contributed by atoms with Gasteiger partial charge in [-0.25, -0.2) is 4.79 Å². The van der Waals surface area contributed by atoms with Crippen molar-refractivity contribution >= 4 is 39.1 Å². The van der Waals surface area contributed by atoms with Gasteiger partial charge in [0.1, 0.15) is 0 Å². The normalized spacial score (nSPS) is 10.6. The van der Waals surface area contributed by atoms with Gasteiger partial charge in [0.05, 0.1) is 6.61 Å². The van der Waals surface area contributed by atoms with E-state index in [2.05, 4.69) is 0 Å².